The molecule has 1 fully saturated rings. The maximum absolute atomic E-state index is 12.7. The van der Waals surface area contributed by atoms with Crippen molar-refractivity contribution < 1.29 is 27.9 Å². The van der Waals surface area contributed by atoms with E-state index < -0.39 is 29.5 Å². The molecule has 2 N–H and O–H groups in total. The number of rotatable bonds is 4. The average Bonchev–Trinajstić information content (AvgIpc) is 2.59. The van der Waals surface area contributed by atoms with Crippen LogP contribution in [-0.4, -0.2) is 35.0 Å². The van der Waals surface area contributed by atoms with Crippen molar-refractivity contribution in [2.45, 2.75) is 19.0 Å². The molecule has 1 amide bonds. The number of hydrogen-bond acceptors (Lipinski definition) is 4. The summed E-state index contributed by atoms with van der Waals surface area (Å²) in [5, 5.41) is 20.4. The van der Waals surface area contributed by atoms with E-state index in [0.717, 1.165) is 18.2 Å². The summed E-state index contributed by atoms with van der Waals surface area (Å²) in [4.78, 5) is 24.7. The van der Waals surface area contributed by atoms with Gasteiger partial charge in [0.15, 0.2) is 0 Å². The quantitative estimate of drug-likeness (QED) is 0.631. The molecule has 0 saturated carbocycles. The number of carboxylic acid groups (broad SMARTS) is 1. The zero-order chi connectivity index (χ0) is 19.3. The minimum Gasteiger partial charge on any atom is -0.481 e. The molecule has 0 unspecified atom stereocenters. The van der Waals surface area contributed by atoms with Gasteiger partial charge in [-0.15, -0.1) is 0 Å². The Morgan fingerprint density at radius 2 is 1.96 bits per heavy atom. The van der Waals surface area contributed by atoms with Crippen LogP contribution in [0.15, 0.2) is 36.0 Å². The van der Waals surface area contributed by atoms with Crippen molar-refractivity contribution in [2.24, 2.45) is 5.92 Å². The molecule has 1 aromatic carbocycles. The summed E-state index contributed by atoms with van der Waals surface area (Å²) in [7, 11) is 0. The molecule has 0 aliphatic carbocycles. The predicted molar refractivity (Wildman–Crippen MR) is 85.7 cm³/mol. The Hall–Kier alpha value is -3.02. The van der Waals surface area contributed by atoms with Gasteiger partial charge in [0.2, 0.25) is 0 Å². The first-order valence-electron chi connectivity index (χ1n) is 7.78. The molecule has 0 bridgehead atoms. The highest BCUT2D eigenvalue weighted by Crippen LogP contribution is 2.30. The fourth-order valence-corrected chi connectivity index (χ4v) is 2.57. The van der Waals surface area contributed by atoms with Gasteiger partial charge in [-0.1, -0.05) is 6.07 Å². The second-order valence-electron chi connectivity index (χ2n) is 5.84. The fourth-order valence-electron chi connectivity index (χ4n) is 2.57. The van der Waals surface area contributed by atoms with Gasteiger partial charge in [-0.05, 0) is 31.0 Å². The average molecular weight is 367 g/mol. The number of carbonyl (C=O) groups excluding carboxylic acids is 1. The summed E-state index contributed by atoms with van der Waals surface area (Å²) in [6.07, 6.45) is -2.45. The van der Waals surface area contributed by atoms with Crippen molar-refractivity contribution in [1.29, 1.82) is 5.26 Å². The molecule has 138 valence electrons. The van der Waals surface area contributed by atoms with E-state index in [4.69, 9.17) is 10.4 Å². The molecule has 1 heterocycles. The summed E-state index contributed by atoms with van der Waals surface area (Å²) in [5.74, 6) is -2.16. The van der Waals surface area contributed by atoms with Crippen molar-refractivity contribution in [2.75, 3.05) is 18.4 Å². The highest BCUT2D eigenvalue weighted by molar-refractivity contribution is 6.06. The molecular weight excluding hydrogens is 351 g/mol. The molecule has 1 aromatic rings. The number of amides is 1. The number of piperidine rings is 1. The van der Waals surface area contributed by atoms with Crippen LogP contribution in [0.4, 0.5) is 18.9 Å². The van der Waals surface area contributed by atoms with Gasteiger partial charge in [0.05, 0.1) is 11.5 Å². The van der Waals surface area contributed by atoms with Crippen molar-refractivity contribution >= 4 is 17.6 Å². The van der Waals surface area contributed by atoms with Crippen LogP contribution >= 0.6 is 0 Å². The fraction of sp³-hybridized carbons (Fsp3) is 0.353. The minimum atomic E-state index is -4.54. The monoisotopic (exact) mass is 367 g/mol. The molecule has 6 nitrogen and oxygen atoms in total. The Balaban J connectivity index is 2.06. The summed E-state index contributed by atoms with van der Waals surface area (Å²) in [5.41, 5.74) is -1.25. The van der Waals surface area contributed by atoms with Crippen LogP contribution in [0, 0.1) is 17.2 Å². The summed E-state index contributed by atoms with van der Waals surface area (Å²) in [6, 6.07) is 5.83. The molecular formula is C17H16F3N3O3. The third kappa shape index (κ3) is 4.99. The topological polar surface area (TPSA) is 93.4 Å². The number of carbonyl (C=O) groups is 2. The van der Waals surface area contributed by atoms with Gasteiger partial charge >= 0.3 is 12.1 Å². The van der Waals surface area contributed by atoms with Gasteiger partial charge in [0.1, 0.15) is 11.6 Å². The van der Waals surface area contributed by atoms with Gasteiger partial charge in [0.25, 0.3) is 5.91 Å². The molecule has 1 saturated heterocycles. The second kappa shape index (κ2) is 7.91. The number of halogens is 3. The number of benzene rings is 1. The summed E-state index contributed by atoms with van der Waals surface area (Å²) in [6.45, 7) is 0.748. The Labute approximate surface area is 147 Å². The van der Waals surface area contributed by atoms with Crippen LogP contribution < -0.4 is 5.32 Å². The molecule has 0 radical (unpaired) electrons. The number of anilines is 1. The number of carboxylic acids is 1. The highest BCUT2D eigenvalue weighted by Gasteiger charge is 2.30. The lowest BCUT2D eigenvalue weighted by Crippen LogP contribution is -2.33. The van der Waals surface area contributed by atoms with Gasteiger partial charge in [-0.2, -0.15) is 18.4 Å². The van der Waals surface area contributed by atoms with Crippen LogP contribution in [-0.2, 0) is 15.8 Å². The van der Waals surface area contributed by atoms with E-state index in [2.05, 4.69) is 5.32 Å². The lowest BCUT2D eigenvalue weighted by atomic mass is 9.97. The zero-order valence-electron chi connectivity index (χ0n) is 13.6. The molecule has 9 heteroatoms. The molecule has 2 rings (SSSR count). The van der Waals surface area contributed by atoms with E-state index in [0.29, 0.717) is 25.9 Å². The smallest absolute Gasteiger partial charge is 0.416 e. The van der Waals surface area contributed by atoms with Crippen LogP contribution in [0.2, 0.25) is 0 Å². The SMILES string of the molecule is N#C/C(=C/N1CCC(C(=O)O)CC1)C(=O)Nc1cccc(C(F)(F)F)c1. The van der Waals surface area contributed by atoms with Crippen molar-refractivity contribution in [3.8, 4) is 6.07 Å². The number of aliphatic carboxylic acids is 1. The largest absolute Gasteiger partial charge is 0.481 e. The number of nitrogens with zero attached hydrogens (tertiary/aromatic N) is 2. The maximum atomic E-state index is 12.7. The Kier molecular flexibility index (Phi) is 5.87. The van der Waals surface area contributed by atoms with Crippen LogP contribution in [0.5, 0.6) is 0 Å². The highest BCUT2D eigenvalue weighted by atomic mass is 19.4. The predicted octanol–water partition coefficient (Wildman–Crippen LogP) is 2.85. The second-order valence-corrected chi connectivity index (χ2v) is 5.84. The van der Waals surface area contributed by atoms with Crippen LogP contribution in [0.1, 0.15) is 18.4 Å². The Morgan fingerprint density at radius 3 is 2.50 bits per heavy atom. The molecule has 26 heavy (non-hydrogen) atoms. The Morgan fingerprint density at radius 1 is 1.31 bits per heavy atom. The molecule has 1 aliphatic heterocycles. The van der Waals surface area contributed by atoms with E-state index in [-0.39, 0.29) is 11.3 Å². The lowest BCUT2D eigenvalue weighted by Gasteiger charge is -2.29. The molecule has 1 aliphatic rings. The van der Waals surface area contributed by atoms with Gasteiger partial charge in [-0.3, -0.25) is 9.59 Å². The van der Waals surface area contributed by atoms with Crippen LogP contribution in [0.25, 0.3) is 0 Å². The zero-order valence-corrected chi connectivity index (χ0v) is 13.6. The number of alkyl halides is 3. The van der Waals surface area contributed by atoms with E-state index in [1.165, 1.54) is 12.3 Å². The molecule has 0 spiro atoms. The van der Waals surface area contributed by atoms with Crippen molar-refractivity contribution in [1.82, 2.24) is 4.90 Å². The minimum absolute atomic E-state index is 0.0736. The third-order valence-electron chi connectivity index (χ3n) is 4.00. The maximum Gasteiger partial charge on any atom is 0.416 e. The molecule has 0 aromatic heterocycles. The summed E-state index contributed by atoms with van der Waals surface area (Å²) >= 11 is 0. The van der Waals surface area contributed by atoms with E-state index in [9.17, 15) is 22.8 Å². The van der Waals surface area contributed by atoms with Crippen molar-refractivity contribution in [3.05, 3.63) is 41.6 Å². The van der Waals surface area contributed by atoms with Crippen LogP contribution in [0.3, 0.4) is 0 Å². The molecule has 0 atom stereocenters. The van der Waals surface area contributed by atoms with E-state index >= 15 is 0 Å². The van der Waals surface area contributed by atoms with Crippen molar-refractivity contribution in [3.63, 3.8) is 0 Å². The first-order chi connectivity index (χ1) is 12.2. The standard InChI is InChI=1S/C17H16F3N3O3/c18-17(19,20)13-2-1-3-14(8-13)22-15(24)12(9-21)10-23-6-4-11(5-7-23)16(25)26/h1-3,8,10-11H,4-7H2,(H,22,24)(H,25,26)/b12-10-. The first-order valence-corrected chi connectivity index (χ1v) is 7.78. The van der Waals surface area contributed by atoms with E-state index in [1.54, 1.807) is 11.0 Å². The number of nitrogens with one attached hydrogen (secondary N) is 1. The van der Waals surface area contributed by atoms with Gasteiger partial charge < -0.3 is 15.3 Å². The van der Waals surface area contributed by atoms with Gasteiger partial charge in [-0.25, -0.2) is 0 Å². The van der Waals surface area contributed by atoms with Gasteiger partial charge in [0, 0.05) is 25.0 Å². The number of likely N-dealkylation sites (tertiary alicyclic amines) is 1. The first kappa shape index (κ1) is 19.3. The lowest BCUT2D eigenvalue weighted by molar-refractivity contribution is -0.143. The summed E-state index contributed by atoms with van der Waals surface area (Å²) < 4.78 is 38.1. The Bertz CT molecular complexity index is 760. The normalized spacial score (nSPS) is 16.1. The number of nitriles is 1. The van der Waals surface area contributed by atoms with E-state index in [1.807, 2.05) is 0 Å². The third-order valence-corrected chi connectivity index (χ3v) is 4.00. The number of hydrogen-bond donors (Lipinski definition) is 2.